The maximum atomic E-state index is 11.8. The predicted octanol–water partition coefficient (Wildman–Crippen LogP) is 1.58. The molecule has 0 aromatic rings. The Morgan fingerprint density at radius 3 is 2.08 bits per heavy atom. The topological polar surface area (TPSA) is 37.4 Å². The van der Waals surface area contributed by atoms with Crippen molar-refractivity contribution in [1.82, 2.24) is 4.31 Å². The van der Waals surface area contributed by atoms with Crippen LogP contribution >= 0.6 is 0 Å². The number of halogens is 3. The van der Waals surface area contributed by atoms with Gasteiger partial charge in [0.1, 0.15) is 0 Å². The number of hydrogen-bond acceptors (Lipinski definition) is 2. The quantitative estimate of drug-likeness (QED) is 0.667. The normalized spacial score (nSPS) is 11.6. The van der Waals surface area contributed by atoms with Crippen molar-refractivity contribution in [3.05, 3.63) is 31.3 Å². The number of nitrogens with zero attached hydrogens (tertiary/aromatic N) is 1. The molecule has 13 heavy (non-hydrogen) atoms. The van der Waals surface area contributed by atoms with Crippen molar-refractivity contribution in [3.8, 4) is 0 Å². The lowest BCUT2D eigenvalue weighted by Gasteiger charge is -2.15. The summed E-state index contributed by atoms with van der Waals surface area (Å²) in [7, 11) is -5.39. The Morgan fingerprint density at radius 1 is 1.38 bits per heavy atom. The van der Waals surface area contributed by atoms with Crippen LogP contribution in [0.25, 0.3) is 0 Å². The van der Waals surface area contributed by atoms with E-state index in [2.05, 4.69) is 13.2 Å². The first-order chi connectivity index (χ1) is 5.77. The van der Waals surface area contributed by atoms with Crippen LogP contribution in [-0.4, -0.2) is 18.2 Å². The van der Waals surface area contributed by atoms with E-state index in [1.54, 1.807) is 0 Å². The summed E-state index contributed by atoms with van der Waals surface area (Å²) in [5.41, 5.74) is -3.46. The standard InChI is InChI=1S/C6H6F3NO2S/c1-3-5-10(4-2)13(11,12)6(7,8)9/h4-5H,1-2H2. The molecule has 0 aliphatic heterocycles. The summed E-state index contributed by atoms with van der Waals surface area (Å²) in [5, 5.41) is 0. The van der Waals surface area contributed by atoms with Gasteiger partial charge >= 0.3 is 15.5 Å². The minimum absolute atomic E-state index is 0.111. The number of alkyl halides is 3. The minimum Gasteiger partial charge on any atom is -0.238 e. The molecule has 0 aliphatic rings. The zero-order valence-corrected chi connectivity index (χ0v) is 7.19. The maximum Gasteiger partial charge on any atom is 0.517 e. The third kappa shape index (κ3) is 2.37. The Bertz CT molecular complexity index is 337. The molecule has 0 unspecified atom stereocenters. The van der Waals surface area contributed by atoms with Gasteiger partial charge in [0.2, 0.25) is 0 Å². The molecule has 0 aromatic heterocycles. The molecular formula is C6H6F3NO2S. The number of hydrogen-bond donors (Lipinski definition) is 0. The lowest BCUT2D eigenvalue weighted by molar-refractivity contribution is -0.0468. The van der Waals surface area contributed by atoms with Gasteiger partial charge in [0.25, 0.3) is 0 Å². The molecule has 0 heterocycles. The Morgan fingerprint density at radius 2 is 1.85 bits per heavy atom. The van der Waals surface area contributed by atoms with E-state index >= 15 is 0 Å². The first-order valence-corrected chi connectivity index (χ1v) is 4.29. The lowest BCUT2D eigenvalue weighted by atomic mass is 10.8. The average molecular weight is 213 g/mol. The Labute approximate surface area is 73.5 Å². The van der Waals surface area contributed by atoms with Crippen molar-refractivity contribution < 1.29 is 21.6 Å². The molecule has 0 saturated heterocycles. The van der Waals surface area contributed by atoms with Crippen LogP contribution in [0.5, 0.6) is 0 Å². The maximum absolute atomic E-state index is 11.8. The third-order valence-electron chi connectivity index (χ3n) is 0.969. The highest BCUT2D eigenvalue weighted by Gasteiger charge is 2.48. The second-order valence-electron chi connectivity index (χ2n) is 1.80. The van der Waals surface area contributed by atoms with Crippen LogP contribution in [0.3, 0.4) is 0 Å². The average Bonchev–Trinajstić information content (AvgIpc) is 1.97. The molecule has 0 rings (SSSR count). The zero-order chi connectivity index (χ0) is 10.7. The SMILES string of the molecule is C=C=CN(C=C)S(=O)(=O)C(F)(F)F. The fourth-order valence-corrected chi connectivity index (χ4v) is 1.08. The highest BCUT2D eigenvalue weighted by Crippen LogP contribution is 2.26. The van der Waals surface area contributed by atoms with Gasteiger partial charge in [0, 0.05) is 6.20 Å². The third-order valence-corrected chi connectivity index (χ3v) is 2.36. The lowest BCUT2D eigenvalue weighted by Crippen LogP contribution is -2.34. The highest BCUT2D eigenvalue weighted by atomic mass is 32.2. The Kier molecular flexibility index (Phi) is 3.34. The molecule has 0 aromatic carbocycles. The van der Waals surface area contributed by atoms with Crippen molar-refractivity contribution in [2.75, 3.05) is 0 Å². The monoisotopic (exact) mass is 213 g/mol. The van der Waals surface area contributed by atoms with E-state index in [0.717, 1.165) is 0 Å². The van der Waals surface area contributed by atoms with E-state index in [1.165, 1.54) is 0 Å². The van der Waals surface area contributed by atoms with E-state index in [-0.39, 0.29) is 4.31 Å². The summed E-state index contributed by atoms with van der Waals surface area (Å²) < 4.78 is 56.6. The molecule has 0 saturated carbocycles. The van der Waals surface area contributed by atoms with Crippen LogP contribution < -0.4 is 0 Å². The van der Waals surface area contributed by atoms with Crippen molar-refractivity contribution in [1.29, 1.82) is 0 Å². The fraction of sp³-hybridized carbons (Fsp3) is 0.167. The van der Waals surface area contributed by atoms with E-state index in [4.69, 9.17) is 0 Å². The molecule has 7 heteroatoms. The van der Waals surface area contributed by atoms with Gasteiger partial charge in [-0.25, -0.2) is 4.31 Å². The summed E-state index contributed by atoms with van der Waals surface area (Å²) in [6.45, 7) is 5.85. The molecule has 0 spiro atoms. The predicted molar refractivity (Wildman–Crippen MR) is 40.7 cm³/mol. The van der Waals surface area contributed by atoms with Crippen molar-refractivity contribution in [2.24, 2.45) is 0 Å². The number of rotatable bonds is 3. The summed E-state index contributed by atoms with van der Waals surface area (Å²) >= 11 is 0. The largest absolute Gasteiger partial charge is 0.517 e. The molecule has 3 nitrogen and oxygen atoms in total. The smallest absolute Gasteiger partial charge is 0.238 e. The molecule has 0 fully saturated rings. The Hall–Kier alpha value is -1.20. The van der Waals surface area contributed by atoms with Gasteiger partial charge in [0.15, 0.2) is 0 Å². The van der Waals surface area contributed by atoms with Crippen LogP contribution in [0, 0.1) is 0 Å². The number of sulfonamides is 1. The van der Waals surface area contributed by atoms with Crippen molar-refractivity contribution in [2.45, 2.75) is 5.51 Å². The second kappa shape index (κ2) is 3.68. The summed E-state index contributed by atoms with van der Waals surface area (Å²) in [4.78, 5) is 0. The van der Waals surface area contributed by atoms with E-state index in [9.17, 15) is 21.6 Å². The van der Waals surface area contributed by atoms with Gasteiger partial charge in [0.05, 0.1) is 6.20 Å². The molecule has 74 valence electrons. The van der Waals surface area contributed by atoms with Crippen molar-refractivity contribution in [3.63, 3.8) is 0 Å². The van der Waals surface area contributed by atoms with Crippen molar-refractivity contribution >= 4 is 10.0 Å². The Balaban J connectivity index is 5.26. The molecule has 0 atom stereocenters. The van der Waals surface area contributed by atoms with E-state index in [1.807, 2.05) is 5.73 Å². The van der Waals surface area contributed by atoms with E-state index < -0.39 is 15.5 Å². The van der Waals surface area contributed by atoms with Crippen LogP contribution in [0.1, 0.15) is 0 Å². The fourth-order valence-electron chi connectivity index (χ4n) is 0.430. The van der Waals surface area contributed by atoms with Gasteiger partial charge in [-0.2, -0.15) is 21.6 Å². The van der Waals surface area contributed by atoms with E-state index in [0.29, 0.717) is 12.4 Å². The molecular weight excluding hydrogens is 207 g/mol. The van der Waals surface area contributed by atoms with Crippen LogP contribution in [0.2, 0.25) is 0 Å². The highest BCUT2D eigenvalue weighted by molar-refractivity contribution is 7.90. The summed E-state index contributed by atoms with van der Waals surface area (Å²) in [6, 6.07) is 0. The van der Waals surface area contributed by atoms with Crippen LogP contribution in [0.4, 0.5) is 13.2 Å². The molecule has 0 bridgehead atoms. The summed E-state index contributed by atoms with van der Waals surface area (Å²) in [6.07, 6.45) is 1.02. The van der Waals surface area contributed by atoms with Gasteiger partial charge in [-0.05, 0) is 0 Å². The first-order valence-electron chi connectivity index (χ1n) is 2.85. The van der Waals surface area contributed by atoms with Gasteiger partial charge in [-0.3, -0.25) is 0 Å². The minimum atomic E-state index is -5.39. The van der Waals surface area contributed by atoms with Gasteiger partial charge in [-0.15, -0.1) is 5.73 Å². The first kappa shape index (κ1) is 11.8. The molecule has 0 amide bonds. The van der Waals surface area contributed by atoms with Gasteiger partial charge in [-0.1, -0.05) is 13.2 Å². The molecule has 0 aliphatic carbocycles. The second-order valence-corrected chi connectivity index (χ2v) is 3.63. The van der Waals surface area contributed by atoms with Crippen LogP contribution in [-0.2, 0) is 10.0 Å². The van der Waals surface area contributed by atoms with Crippen LogP contribution in [0.15, 0.2) is 31.3 Å². The zero-order valence-electron chi connectivity index (χ0n) is 6.37. The van der Waals surface area contributed by atoms with Gasteiger partial charge < -0.3 is 0 Å². The molecule has 0 N–H and O–H groups in total. The molecule has 0 radical (unpaired) electrons. The summed E-state index contributed by atoms with van der Waals surface area (Å²) in [5.74, 6) is 0.